The van der Waals surface area contributed by atoms with E-state index in [4.69, 9.17) is 15.9 Å². The fourth-order valence-corrected chi connectivity index (χ4v) is 3.30. The van der Waals surface area contributed by atoms with E-state index in [2.05, 4.69) is 25.0 Å². The molecular formula is C23H26O6. The molecule has 2 aromatic rings. The smallest absolute Gasteiger partial charge is 0.229 e. The zero-order valence-corrected chi connectivity index (χ0v) is 16.2. The third kappa shape index (κ3) is 4.78. The molecule has 0 unspecified atom stereocenters. The van der Waals surface area contributed by atoms with Gasteiger partial charge in [-0.2, -0.15) is 0 Å². The first-order valence-corrected chi connectivity index (χ1v) is 9.61. The van der Waals surface area contributed by atoms with Crippen LogP contribution in [0.25, 0.3) is 0 Å². The molecule has 154 valence electrons. The van der Waals surface area contributed by atoms with Gasteiger partial charge in [0.05, 0.1) is 6.61 Å². The third-order valence-electron chi connectivity index (χ3n) is 5.15. The molecule has 1 aliphatic heterocycles. The Morgan fingerprint density at radius 2 is 1.69 bits per heavy atom. The predicted octanol–water partition coefficient (Wildman–Crippen LogP) is 1.000. The molecule has 29 heavy (non-hydrogen) atoms. The molecule has 6 heteroatoms. The number of aliphatic hydroxyl groups excluding tert-OH is 4. The lowest BCUT2D eigenvalue weighted by Crippen LogP contribution is -2.60. The highest BCUT2D eigenvalue weighted by Crippen LogP contribution is 2.29. The third-order valence-corrected chi connectivity index (χ3v) is 5.15. The molecule has 1 aliphatic rings. The Hall–Kier alpha value is -2.40. The molecule has 0 aliphatic carbocycles. The average molecular weight is 398 g/mol. The Labute approximate surface area is 170 Å². The van der Waals surface area contributed by atoms with E-state index in [1.54, 1.807) is 12.1 Å². The lowest BCUT2D eigenvalue weighted by Gasteiger charge is -2.39. The van der Waals surface area contributed by atoms with E-state index in [9.17, 15) is 20.4 Å². The van der Waals surface area contributed by atoms with E-state index in [0.717, 1.165) is 17.5 Å². The van der Waals surface area contributed by atoms with Crippen molar-refractivity contribution in [1.82, 2.24) is 0 Å². The van der Waals surface area contributed by atoms with Gasteiger partial charge in [0.1, 0.15) is 30.2 Å². The lowest BCUT2D eigenvalue weighted by molar-refractivity contribution is -0.277. The molecule has 0 amide bonds. The van der Waals surface area contributed by atoms with Crippen molar-refractivity contribution in [1.29, 1.82) is 0 Å². The van der Waals surface area contributed by atoms with Crippen LogP contribution in [0.3, 0.4) is 0 Å². The van der Waals surface area contributed by atoms with Crippen molar-refractivity contribution < 1.29 is 29.9 Å². The summed E-state index contributed by atoms with van der Waals surface area (Å²) in [7, 11) is 0. The van der Waals surface area contributed by atoms with Crippen molar-refractivity contribution in [3.8, 4) is 18.1 Å². The summed E-state index contributed by atoms with van der Waals surface area (Å²) in [6.45, 7) is 1.58. The molecule has 0 bridgehead atoms. The first-order chi connectivity index (χ1) is 14.0. The van der Waals surface area contributed by atoms with Gasteiger partial charge in [0, 0.05) is 12.0 Å². The standard InChI is InChI=1S/C23H26O6/c1-3-14-5-7-16(8-6-14)11-17-10-9-15(4-2)12-18(17)28-23-22(27)21(26)20(25)19(13-24)29-23/h2,5-10,12,19-27H,3,11,13H2,1H3/t19-,20-,21+,22-,23-/m1/s1. The second-order valence-electron chi connectivity index (χ2n) is 7.13. The summed E-state index contributed by atoms with van der Waals surface area (Å²) in [6, 6.07) is 13.6. The molecule has 5 atom stereocenters. The zero-order valence-electron chi connectivity index (χ0n) is 16.2. The second-order valence-corrected chi connectivity index (χ2v) is 7.13. The Kier molecular flexibility index (Phi) is 6.91. The molecule has 1 heterocycles. The van der Waals surface area contributed by atoms with E-state index in [1.165, 1.54) is 5.56 Å². The maximum absolute atomic E-state index is 10.3. The van der Waals surface area contributed by atoms with Crippen molar-refractivity contribution in [2.24, 2.45) is 0 Å². The maximum atomic E-state index is 10.3. The minimum absolute atomic E-state index is 0.407. The average Bonchev–Trinajstić information content (AvgIpc) is 2.75. The highest BCUT2D eigenvalue weighted by atomic mass is 16.7. The van der Waals surface area contributed by atoms with E-state index >= 15 is 0 Å². The number of hydrogen-bond acceptors (Lipinski definition) is 6. The van der Waals surface area contributed by atoms with Crippen molar-refractivity contribution >= 4 is 0 Å². The van der Waals surface area contributed by atoms with Crippen LogP contribution < -0.4 is 4.74 Å². The summed E-state index contributed by atoms with van der Waals surface area (Å²) in [6.07, 6.45) is 0.295. The van der Waals surface area contributed by atoms with Crippen LogP contribution in [0.5, 0.6) is 5.75 Å². The number of aliphatic hydroxyl groups is 4. The van der Waals surface area contributed by atoms with E-state index in [0.29, 0.717) is 17.7 Å². The molecule has 1 fully saturated rings. The van der Waals surface area contributed by atoms with Gasteiger partial charge in [-0.1, -0.05) is 43.2 Å². The second kappa shape index (κ2) is 9.40. The fourth-order valence-electron chi connectivity index (χ4n) is 3.30. The summed E-state index contributed by atoms with van der Waals surface area (Å²) in [5.41, 5.74) is 3.74. The SMILES string of the molecule is C#Cc1ccc(Cc2ccc(CC)cc2)c(O[C@@H]2O[C@H](CO)[C@@H](O)[C@H](O)[C@H]2O)c1. The van der Waals surface area contributed by atoms with Gasteiger partial charge in [-0.3, -0.25) is 0 Å². The van der Waals surface area contributed by atoms with Crippen LogP contribution >= 0.6 is 0 Å². The minimum Gasteiger partial charge on any atom is -0.462 e. The summed E-state index contributed by atoms with van der Waals surface area (Å²) in [5.74, 6) is 2.95. The van der Waals surface area contributed by atoms with E-state index in [-0.39, 0.29) is 0 Å². The molecule has 4 N–H and O–H groups in total. The van der Waals surface area contributed by atoms with Crippen molar-refractivity contribution in [3.63, 3.8) is 0 Å². The molecule has 1 saturated heterocycles. The summed E-state index contributed by atoms with van der Waals surface area (Å²) < 4.78 is 11.3. The monoisotopic (exact) mass is 398 g/mol. The van der Waals surface area contributed by atoms with Crippen LogP contribution in [0, 0.1) is 12.3 Å². The fraction of sp³-hybridized carbons (Fsp3) is 0.391. The minimum atomic E-state index is -1.51. The predicted molar refractivity (Wildman–Crippen MR) is 107 cm³/mol. The van der Waals surface area contributed by atoms with Crippen LogP contribution in [0.2, 0.25) is 0 Å². The van der Waals surface area contributed by atoms with Gasteiger partial charge in [-0.15, -0.1) is 6.42 Å². The van der Waals surface area contributed by atoms with Crippen molar-refractivity contribution in [3.05, 3.63) is 64.7 Å². The summed E-state index contributed by atoms with van der Waals surface area (Å²) in [4.78, 5) is 0. The first-order valence-electron chi connectivity index (χ1n) is 9.61. The Morgan fingerprint density at radius 1 is 1.00 bits per heavy atom. The first kappa shape index (κ1) is 21.3. The molecule has 2 aromatic carbocycles. The largest absolute Gasteiger partial charge is 0.462 e. The molecule has 3 rings (SSSR count). The number of benzene rings is 2. The van der Waals surface area contributed by atoms with Crippen LogP contribution in [0.4, 0.5) is 0 Å². The van der Waals surface area contributed by atoms with Crippen molar-refractivity contribution in [2.45, 2.75) is 50.5 Å². The Balaban J connectivity index is 1.86. The molecule has 0 aromatic heterocycles. The lowest BCUT2D eigenvalue weighted by atomic mass is 9.99. The Morgan fingerprint density at radius 3 is 2.31 bits per heavy atom. The zero-order chi connectivity index (χ0) is 21.0. The van der Waals surface area contributed by atoms with Gasteiger partial charge in [0.15, 0.2) is 0 Å². The Bertz CT molecular complexity index is 855. The quantitative estimate of drug-likeness (QED) is 0.542. The normalized spacial score (nSPS) is 26.7. The van der Waals surface area contributed by atoms with Crippen LogP contribution in [-0.2, 0) is 17.6 Å². The summed E-state index contributed by atoms with van der Waals surface area (Å²) >= 11 is 0. The van der Waals surface area contributed by atoms with Gasteiger partial charge in [-0.05, 0) is 35.2 Å². The molecule has 6 nitrogen and oxygen atoms in total. The highest BCUT2D eigenvalue weighted by Gasteiger charge is 2.44. The maximum Gasteiger partial charge on any atom is 0.229 e. The number of aryl methyl sites for hydroxylation is 1. The highest BCUT2D eigenvalue weighted by molar-refractivity contribution is 5.46. The number of rotatable bonds is 6. The van der Waals surface area contributed by atoms with Gasteiger partial charge < -0.3 is 29.9 Å². The number of ether oxygens (including phenoxy) is 2. The van der Waals surface area contributed by atoms with Gasteiger partial charge in [0.25, 0.3) is 0 Å². The van der Waals surface area contributed by atoms with Crippen molar-refractivity contribution in [2.75, 3.05) is 6.61 Å². The van der Waals surface area contributed by atoms with Gasteiger partial charge in [0.2, 0.25) is 6.29 Å². The van der Waals surface area contributed by atoms with E-state index < -0.39 is 37.3 Å². The molecule has 0 radical (unpaired) electrons. The van der Waals surface area contributed by atoms with Crippen LogP contribution in [0.1, 0.15) is 29.2 Å². The summed E-state index contributed by atoms with van der Waals surface area (Å²) in [5, 5.41) is 39.6. The molecular weight excluding hydrogens is 372 g/mol. The van der Waals surface area contributed by atoms with Crippen LogP contribution in [-0.4, -0.2) is 57.7 Å². The topological polar surface area (TPSA) is 99.4 Å². The van der Waals surface area contributed by atoms with Crippen LogP contribution in [0.15, 0.2) is 42.5 Å². The molecule has 0 spiro atoms. The van der Waals surface area contributed by atoms with Gasteiger partial charge >= 0.3 is 0 Å². The molecule has 0 saturated carbocycles. The number of hydrogen-bond donors (Lipinski definition) is 4. The van der Waals surface area contributed by atoms with Gasteiger partial charge in [-0.25, -0.2) is 0 Å². The van der Waals surface area contributed by atoms with E-state index in [1.807, 2.05) is 18.2 Å². The number of terminal acetylenes is 1.